The Balaban J connectivity index is 1.53. The molecule has 1 saturated heterocycles. The van der Waals surface area contributed by atoms with Crippen LogP contribution in [0.4, 0.5) is 17.2 Å². The van der Waals surface area contributed by atoms with Crippen LogP contribution < -0.4 is 15.8 Å². The van der Waals surface area contributed by atoms with E-state index in [1.165, 1.54) is 16.7 Å². The highest BCUT2D eigenvalue weighted by Crippen LogP contribution is 2.46. The number of likely N-dealkylation sites (tertiary alicyclic amines) is 1. The number of nitrogens with zero attached hydrogens (tertiary/aromatic N) is 3. The van der Waals surface area contributed by atoms with E-state index in [1.54, 1.807) is 36.9 Å². The van der Waals surface area contributed by atoms with Crippen molar-refractivity contribution in [2.45, 2.75) is 32.6 Å². The molecule has 4 N–H and O–H groups in total. The number of rotatable bonds is 5. The van der Waals surface area contributed by atoms with Gasteiger partial charge < -0.3 is 26.1 Å². The van der Waals surface area contributed by atoms with E-state index >= 15 is 0 Å². The number of carbonyl (C=O) groups is 1. The van der Waals surface area contributed by atoms with Crippen LogP contribution in [0.25, 0.3) is 10.2 Å². The second kappa shape index (κ2) is 7.74. The third-order valence-corrected chi connectivity index (χ3v) is 7.76. The van der Waals surface area contributed by atoms with Crippen LogP contribution in [0.3, 0.4) is 0 Å². The molecule has 3 heterocycles. The first-order valence-electron chi connectivity index (χ1n) is 10.7. The highest BCUT2D eigenvalue weighted by Gasteiger charge is 2.42. The van der Waals surface area contributed by atoms with Crippen molar-refractivity contribution in [3.63, 3.8) is 0 Å². The normalized spacial score (nSPS) is 19.9. The molecule has 1 fully saturated rings. The molecule has 2 aliphatic rings. The van der Waals surface area contributed by atoms with E-state index in [0.717, 1.165) is 49.0 Å². The van der Waals surface area contributed by atoms with Crippen LogP contribution in [0.2, 0.25) is 0 Å². The molecule has 5 rings (SSSR count). The molecule has 9 heteroatoms. The third kappa shape index (κ3) is 3.28. The Bertz CT molecular complexity index is 1230. The average molecular weight is 451 g/mol. The van der Waals surface area contributed by atoms with Gasteiger partial charge in [-0.3, -0.25) is 4.79 Å². The number of methoxy groups -OCH3 is 1. The van der Waals surface area contributed by atoms with E-state index in [4.69, 9.17) is 15.9 Å². The fourth-order valence-electron chi connectivity index (χ4n) is 4.60. The topological polar surface area (TPSA) is 117 Å². The summed E-state index contributed by atoms with van der Waals surface area (Å²) in [5.74, 6) is 1.56. The number of aryl methyl sites for hydroxylation is 1. The average Bonchev–Trinajstić information content (AvgIpc) is 3.11. The number of anilines is 3. The van der Waals surface area contributed by atoms with Crippen molar-refractivity contribution in [1.29, 1.82) is 5.41 Å². The third-order valence-electron chi connectivity index (χ3n) is 6.62. The van der Waals surface area contributed by atoms with Gasteiger partial charge >= 0.3 is 0 Å². The molecule has 1 aromatic carbocycles. The monoisotopic (exact) mass is 450 g/mol. The molecule has 1 atom stereocenters. The van der Waals surface area contributed by atoms with Crippen molar-refractivity contribution < 1.29 is 9.53 Å². The zero-order chi connectivity index (χ0) is 22.5. The second-order valence-electron chi connectivity index (χ2n) is 8.74. The summed E-state index contributed by atoms with van der Waals surface area (Å²) in [5.41, 5.74) is 8.65. The molecular weight excluding hydrogens is 424 g/mol. The van der Waals surface area contributed by atoms with Crippen LogP contribution >= 0.6 is 11.3 Å². The number of nitrogen functional groups attached to an aromatic ring is 1. The van der Waals surface area contributed by atoms with Crippen molar-refractivity contribution >= 4 is 50.9 Å². The molecule has 166 valence electrons. The summed E-state index contributed by atoms with van der Waals surface area (Å²) in [4.78, 5) is 26.2. The second-order valence-corrected chi connectivity index (χ2v) is 9.82. The minimum absolute atomic E-state index is 0.280. The maximum atomic E-state index is 13.0. The van der Waals surface area contributed by atoms with E-state index in [9.17, 15) is 4.79 Å². The predicted molar refractivity (Wildman–Crippen MR) is 127 cm³/mol. The molecule has 1 unspecified atom stereocenters. The number of hydrogen-bond acceptors (Lipinski definition) is 8. The largest absolute Gasteiger partial charge is 0.494 e. The predicted octanol–water partition coefficient (Wildman–Crippen LogP) is 3.75. The number of hydrogen-bond donors (Lipinski definition) is 3. The van der Waals surface area contributed by atoms with Crippen molar-refractivity contribution in [2.24, 2.45) is 5.41 Å². The maximum absolute atomic E-state index is 13.0. The fraction of sp³-hybridized carbons (Fsp3) is 0.391. The van der Waals surface area contributed by atoms with Crippen LogP contribution in [0.5, 0.6) is 5.75 Å². The fourth-order valence-corrected chi connectivity index (χ4v) is 5.97. The molecule has 32 heavy (non-hydrogen) atoms. The maximum Gasteiger partial charge on any atom is 0.228 e. The summed E-state index contributed by atoms with van der Waals surface area (Å²) in [6.45, 7) is 3.87. The molecule has 0 saturated carbocycles. The first-order valence-corrected chi connectivity index (χ1v) is 11.5. The molecule has 3 aromatic rings. The summed E-state index contributed by atoms with van der Waals surface area (Å²) < 4.78 is 5.50. The van der Waals surface area contributed by atoms with E-state index in [0.29, 0.717) is 28.5 Å². The molecule has 1 aliphatic carbocycles. The van der Waals surface area contributed by atoms with Gasteiger partial charge in [-0.1, -0.05) is 6.92 Å². The summed E-state index contributed by atoms with van der Waals surface area (Å²) in [5, 5.41) is 12.0. The zero-order valence-corrected chi connectivity index (χ0v) is 19.0. The smallest absolute Gasteiger partial charge is 0.228 e. The van der Waals surface area contributed by atoms with E-state index in [1.807, 2.05) is 4.90 Å². The highest BCUT2D eigenvalue weighted by molar-refractivity contribution is 7.19. The van der Waals surface area contributed by atoms with Gasteiger partial charge in [0.25, 0.3) is 0 Å². The minimum Gasteiger partial charge on any atom is -0.494 e. The van der Waals surface area contributed by atoms with Gasteiger partial charge in [0.2, 0.25) is 5.91 Å². The summed E-state index contributed by atoms with van der Waals surface area (Å²) in [6, 6.07) is 3.49. The quantitative estimate of drug-likeness (QED) is 0.403. The Labute approximate surface area is 190 Å². The van der Waals surface area contributed by atoms with Gasteiger partial charge in [0, 0.05) is 41.5 Å². The standard InChI is InChI=1S/C23H26N6O2S/c1-23(22(30)29-6-3-7-29)5-4-14-18(10-23)32-21-19(14)20(26-12-27-21)28-16-8-13(11-24)15(25)9-17(16)31-2/h8-9,11-12,24H,3-7,10,25H2,1-2H3,(H,26,27,28). The first kappa shape index (κ1) is 20.7. The molecule has 0 spiro atoms. The van der Waals surface area contributed by atoms with E-state index in [-0.39, 0.29) is 11.3 Å². The van der Waals surface area contributed by atoms with Crippen LogP contribution in [-0.2, 0) is 17.6 Å². The highest BCUT2D eigenvalue weighted by atomic mass is 32.1. The number of thiophene rings is 1. The van der Waals surface area contributed by atoms with Gasteiger partial charge in [0.05, 0.1) is 23.6 Å². The number of carbonyl (C=O) groups excluding carboxylic acids is 1. The van der Waals surface area contributed by atoms with Crippen LogP contribution in [0.15, 0.2) is 18.5 Å². The Morgan fingerprint density at radius 2 is 2.19 bits per heavy atom. The van der Waals surface area contributed by atoms with Gasteiger partial charge in [-0.15, -0.1) is 11.3 Å². The minimum atomic E-state index is -0.353. The lowest BCUT2D eigenvalue weighted by molar-refractivity contribution is -0.145. The number of fused-ring (bicyclic) bond motifs is 3. The molecule has 1 amide bonds. The van der Waals surface area contributed by atoms with Crippen molar-refractivity contribution in [2.75, 3.05) is 31.2 Å². The van der Waals surface area contributed by atoms with Crippen LogP contribution in [-0.4, -0.2) is 47.2 Å². The Hall–Kier alpha value is -3.20. The Kier molecular flexibility index (Phi) is 5.00. The van der Waals surface area contributed by atoms with Gasteiger partial charge in [0.1, 0.15) is 22.7 Å². The van der Waals surface area contributed by atoms with Crippen molar-refractivity contribution in [3.05, 3.63) is 34.5 Å². The van der Waals surface area contributed by atoms with Crippen LogP contribution in [0, 0.1) is 10.8 Å². The van der Waals surface area contributed by atoms with E-state index in [2.05, 4.69) is 22.2 Å². The van der Waals surface area contributed by atoms with Gasteiger partial charge in [-0.25, -0.2) is 9.97 Å². The molecule has 2 aromatic heterocycles. The molecule has 8 nitrogen and oxygen atoms in total. The van der Waals surface area contributed by atoms with Gasteiger partial charge in [-0.2, -0.15) is 0 Å². The van der Waals surface area contributed by atoms with Crippen molar-refractivity contribution in [3.8, 4) is 5.75 Å². The van der Waals surface area contributed by atoms with Gasteiger partial charge in [0.15, 0.2) is 0 Å². The summed E-state index contributed by atoms with van der Waals surface area (Å²) >= 11 is 1.65. The Morgan fingerprint density at radius 3 is 2.88 bits per heavy atom. The number of ether oxygens (including phenoxy) is 1. The Morgan fingerprint density at radius 1 is 1.38 bits per heavy atom. The zero-order valence-electron chi connectivity index (χ0n) is 18.2. The SMILES string of the molecule is COc1cc(N)c(C=N)cc1Nc1ncnc2sc3c(c12)CCC(C)(C(=O)N1CCC1)C3. The van der Waals surface area contributed by atoms with E-state index < -0.39 is 0 Å². The number of nitrogens with two attached hydrogens (primary N) is 1. The molecule has 0 radical (unpaired) electrons. The first-order chi connectivity index (χ1) is 15.4. The molecular formula is C23H26N6O2S. The molecule has 0 bridgehead atoms. The summed E-state index contributed by atoms with van der Waals surface area (Å²) in [7, 11) is 1.59. The summed E-state index contributed by atoms with van der Waals surface area (Å²) in [6.07, 6.45) is 6.25. The molecule has 1 aliphatic heterocycles. The number of benzene rings is 1. The number of nitrogens with one attached hydrogen (secondary N) is 2. The number of aromatic nitrogens is 2. The van der Waals surface area contributed by atoms with Gasteiger partial charge in [-0.05, 0) is 37.3 Å². The van der Waals surface area contributed by atoms with Crippen LogP contribution in [0.1, 0.15) is 35.8 Å². The van der Waals surface area contributed by atoms with Crippen molar-refractivity contribution in [1.82, 2.24) is 14.9 Å². The lowest BCUT2D eigenvalue weighted by atomic mass is 9.74. The lowest BCUT2D eigenvalue weighted by Crippen LogP contribution is -2.50. The lowest BCUT2D eigenvalue weighted by Gasteiger charge is -2.41. The number of amides is 1.